The van der Waals surface area contributed by atoms with Gasteiger partial charge in [-0.05, 0) is 69.6 Å². The van der Waals surface area contributed by atoms with Crippen molar-refractivity contribution in [1.82, 2.24) is 14.7 Å². The van der Waals surface area contributed by atoms with Crippen molar-refractivity contribution in [2.24, 2.45) is 10.8 Å². The standard InChI is InChI=1S/C22H41N3/c1-4-7-21(10-11-21)16-23-17-22(18-23)8-5-20(6-9-22)25-14-12-24(13-15-25)19(2)3/h19-20H,4-18H2,1-3H3. The zero-order valence-electron chi connectivity index (χ0n) is 17.1. The maximum absolute atomic E-state index is 2.82. The fourth-order valence-electron chi connectivity index (χ4n) is 6.20. The second kappa shape index (κ2) is 7.13. The highest BCUT2D eigenvalue weighted by molar-refractivity contribution is 5.04. The number of likely N-dealkylation sites (tertiary alicyclic amines) is 1. The highest BCUT2D eigenvalue weighted by Crippen LogP contribution is 2.53. The van der Waals surface area contributed by atoms with Crippen molar-refractivity contribution < 1.29 is 0 Å². The van der Waals surface area contributed by atoms with Crippen LogP contribution in [0.5, 0.6) is 0 Å². The van der Waals surface area contributed by atoms with E-state index in [4.69, 9.17) is 0 Å². The van der Waals surface area contributed by atoms with Crippen LogP contribution in [0.4, 0.5) is 0 Å². The van der Waals surface area contributed by atoms with Crippen molar-refractivity contribution in [3.05, 3.63) is 0 Å². The quantitative estimate of drug-likeness (QED) is 0.723. The molecule has 0 aromatic heterocycles. The van der Waals surface area contributed by atoms with Crippen LogP contribution in [0.3, 0.4) is 0 Å². The summed E-state index contributed by atoms with van der Waals surface area (Å²) in [4.78, 5) is 8.28. The molecule has 4 fully saturated rings. The predicted octanol–water partition coefficient (Wildman–Crippen LogP) is 3.84. The summed E-state index contributed by atoms with van der Waals surface area (Å²) >= 11 is 0. The largest absolute Gasteiger partial charge is 0.302 e. The predicted molar refractivity (Wildman–Crippen MR) is 106 cm³/mol. The molecule has 0 radical (unpaired) electrons. The molecule has 2 saturated heterocycles. The normalized spacial score (nSPS) is 30.7. The minimum Gasteiger partial charge on any atom is -0.302 e. The fraction of sp³-hybridized carbons (Fsp3) is 1.00. The van der Waals surface area contributed by atoms with Crippen molar-refractivity contribution in [3.63, 3.8) is 0 Å². The first-order valence-corrected chi connectivity index (χ1v) is 11.2. The first-order chi connectivity index (χ1) is 12.0. The van der Waals surface area contributed by atoms with Crippen molar-refractivity contribution >= 4 is 0 Å². The fourth-order valence-corrected chi connectivity index (χ4v) is 6.20. The van der Waals surface area contributed by atoms with Crippen molar-refractivity contribution in [2.75, 3.05) is 45.8 Å². The van der Waals surface area contributed by atoms with E-state index in [9.17, 15) is 0 Å². The van der Waals surface area contributed by atoms with Crippen LogP contribution in [0.1, 0.15) is 72.1 Å². The lowest BCUT2D eigenvalue weighted by Crippen LogP contribution is -2.60. The lowest BCUT2D eigenvalue weighted by Gasteiger charge is -2.56. The van der Waals surface area contributed by atoms with Gasteiger partial charge in [-0.25, -0.2) is 0 Å². The second-order valence-electron chi connectivity index (χ2n) is 10.3. The average molecular weight is 348 g/mol. The molecule has 2 saturated carbocycles. The van der Waals surface area contributed by atoms with E-state index in [1.807, 2.05) is 0 Å². The molecule has 0 N–H and O–H groups in total. The Morgan fingerprint density at radius 3 is 2.08 bits per heavy atom. The third kappa shape index (κ3) is 3.94. The molecule has 0 unspecified atom stereocenters. The molecule has 2 heterocycles. The Balaban J connectivity index is 1.19. The number of rotatable bonds is 6. The molecule has 4 aliphatic rings. The first kappa shape index (κ1) is 18.3. The highest BCUT2D eigenvalue weighted by atomic mass is 15.3. The molecule has 25 heavy (non-hydrogen) atoms. The van der Waals surface area contributed by atoms with E-state index in [2.05, 4.69) is 35.5 Å². The third-order valence-corrected chi connectivity index (χ3v) is 8.03. The van der Waals surface area contributed by atoms with E-state index < -0.39 is 0 Å². The van der Waals surface area contributed by atoms with Crippen LogP contribution in [0.15, 0.2) is 0 Å². The van der Waals surface area contributed by atoms with E-state index >= 15 is 0 Å². The van der Waals surface area contributed by atoms with E-state index in [1.165, 1.54) is 97.2 Å². The van der Waals surface area contributed by atoms with Gasteiger partial charge in [0.1, 0.15) is 0 Å². The van der Waals surface area contributed by atoms with Gasteiger partial charge in [-0.15, -0.1) is 0 Å². The van der Waals surface area contributed by atoms with Gasteiger partial charge in [-0.2, -0.15) is 0 Å². The zero-order chi connectivity index (χ0) is 17.5. The van der Waals surface area contributed by atoms with Gasteiger partial charge in [0, 0.05) is 57.9 Å². The summed E-state index contributed by atoms with van der Waals surface area (Å²) < 4.78 is 0. The lowest BCUT2D eigenvalue weighted by atomic mass is 9.67. The average Bonchev–Trinajstić information content (AvgIpc) is 3.34. The Morgan fingerprint density at radius 2 is 1.56 bits per heavy atom. The van der Waals surface area contributed by atoms with Crippen LogP contribution in [-0.4, -0.2) is 72.6 Å². The monoisotopic (exact) mass is 347 g/mol. The molecule has 0 aromatic rings. The number of nitrogens with zero attached hydrogens (tertiary/aromatic N) is 3. The van der Waals surface area contributed by atoms with Gasteiger partial charge in [0.2, 0.25) is 0 Å². The van der Waals surface area contributed by atoms with Crippen LogP contribution in [0.2, 0.25) is 0 Å². The van der Waals surface area contributed by atoms with E-state index in [1.54, 1.807) is 0 Å². The Kier molecular flexibility index (Phi) is 5.20. The Bertz CT molecular complexity index is 432. The van der Waals surface area contributed by atoms with Gasteiger partial charge in [0.15, 0.2) is 0 Å². The molecule has 0 atom stereocenters. The Labute approximate surface area is 156 Å². The minimum absolute atomic E-state index is 0.721. The van der Waals surface area contributed by atoms with Gasteiger partial charge in [0.25, 0.3) is 0 Å². The smallest absolute Gasteiger partial charge is 0.0113 e. The molecule has 1 spiro atoms. The molecular weight excluding hydrogens is 306 g/mol. The van der Waals surface area contributed by atoms with Gasteiger partial charge in [0.05, 0.1) is 0 Å². The van der Waals surface area contributed by atoms with E-state index in [0.717, 1.165) is 22.9 Å². The molecule has 144 valence electrons. The third-order valence-electron chi connectivity index (χ3n) is 8.03. The maximum Gasteiger partial charge on any atom is 0.0113 e. The van der Waals surface area contributed by atoms with E-state index in [0.29, 0.717) is 0 Å². The topological polar surface area (TPSA) is 9.72 Å². The number of hydrogen-bond donors (Lipinski definition) is 0. The van der Waals surface area contributed by atoms with Crippen LogP contribution >= 0.6 is 0 Å². The van der Waals surface area contributed by atoms with Crippen LogP contribution in [-0.2, 0) is 0 Å². The summed E-state index contributed by atoms with van der Waals surface area (Å²) in [5.41, 5.74) is 1.47. The molecular formula is C22H41N3. The van der Waals surface area contributed by atoms with Crippen molar-refractivity contribution in [1.29, 1.82) is 0 Å². The van der Waals surface area contributed by atoms with Crippen molar-refractivity contribution in [3.8, 4) is 0 Å². The van der Waals surface area contributed by atoms with Crippen LogP contribution < -0.4 is 0 Å². The summed E-state index contributed by atoms with van der Waals surface area (Å²) in [6.45, 7) is 16.5. The SMILES string of the molecule is CCCC1(CN2CC3(CCC(N4CCN(C(C)C)CC4)CC3)C2)CC1. The molecule has 3 nitrogen and oxygen atoms in total. The lowest BCUT2D eigenvalue weighted by molar-refractivity contribution is -0.0589. The highest BCUT2D eigenvalue weighted by Gasteiger charge is 2.50. The zero-order valence-corrected chi connectivity index (χ0v) is 17.1. The van der Waals surface area contributed by atoms with Crippen LogP contribution in [0.25, 0.3) is 0 Å². The van der Waals surface area contributed by atoms with E-state index in [-0.39, 0.29) is 0 Å². The summed E-state index contributed by atoms with van der Waals surface area (Å²) in [5.74, 6) is 0. The summed E-state index contributed by atoms with van der Waals surface area (Å²) in [7, 11) is 0. The van der Waals surface area contributed by atoms with Gasteiger partial charge in [-0.1, -0.05) is 13.3 Å². The Morgan fingerprint density at radius 1 is 0.920 bits per heavy atom. The molecule has 0 aromatic carbocycles. The molecule has 2 aliphatic carbocycles. The maximum atomic E-state index is 2.82. The number of piperazine rings is 1. The van der Waals surface area contributed by atoms with Crippen LogP contribution in [0, 0.1) is 10.8 Å². The Hall–Kier alpha value is -0.120. The summed E-state index contributed by atoms with van der Waals surface area (Å²) in [5, 5.41) is 0. The molecule has 0 bridgehead atoms. The number of hydrogen-bond acceptors (Lipinski definition) is 3. The first-order valence-electron chi connectivity index (χ1n) is 11.2. The van der Waals surface area contributed by atoms with Crippen molar-refractivity contribution in [2.45, 2.75) is 84.2 Å². The van der Waals surface area contributed by atoms with Gasteiger partial charge in [-0.3, -0.25) is 9.80 Å². The summed E-state index contributed by atoms with van der Waals surface area (Å²) in [6, 6.07) is 1.61. The van der Waals surface area contributed by atoms with Gasteiger partial charge < -0.3 is 4.90 Å². The molecule has 3 heteroatoms. The molecule has 4 rings (SSSR count). The summed E-state index contributed by atoms with van der Waals surface area (Å²) in [6.07, 6.45) is 11.8. The second-order valence-corrected chi connectivity index (χ2v) is 10.3. The minimum atomic E-state index is 0.721. The molecule has 2 aliphatic heterocycles. The molecule has 0 amide bonds. The van der Waals surface area contributed by atoms with Gasteiger partial charge >= 0.3 is 0 Å².